The fourth-order valence-corrected chi connectivity index (χ4v) is 0.954. The van der Waals surface area contributed by atoms with Crippen molar-refractivity contribution < 1.29 is 15.1 Å². The molecule has 4 nitrogen and oxygen atoms in total. The molecule has 0 rings (SSSR count). The fraction of sp³-hybridized carbons (Fsp3) is 1.00. The second-order valence-corrected chi connectivity index (χ2v) is 3.17. The highest BCUT2D eigenvalue weighted by Gasteiger charge is 2.16. The molecule has 0 spiro atoms. The van der Waals surface area contributed by atoms with Gasteiger partial charge in [0.25, 0.3) is 0 Å². The lowest BCUT2D eigenvalue weighted by Crippen LogP contribution is -2.45. The van der Waals surface area contributed by atoms with E-state index in [0.29, 0.717) is 13.1 Å². The molecule has 0 aromatic heterocycles. The van der Waals surface area contributed by atoms with Crippen LogP contribution in [0.2, 0.25) is 0 Å². The van der Waals surface area contributed by atoms with Gasteiger partial charge < -0.3 is 5.21 Å². The Hall–Kier alpha value is -0.160. The van der Waals surface area contributed by atoms with Gasteiger partial charge in [0.2, 0.25) is 0 Å². The molecule has 0 saturated heterocycles. The Morgan fingerprint density at radius 1 is 1.36 bits per heavy atom. The zero-order valence-corrected chi connectivity index (χ0v) is 7.62. The maximum atomic E-state index is 9.56. The maximum absolute atomic E-state index is 9.56. The van der Waals surface area contributed by atoms with Gasteiger partial charge in [-0.25, -0.2) is 5.21 Å². The van der Waals surface area contributed by atoms with Crippen LogP contribution in [0.5, 0.6) is 0 Å². The highest BCUT2D eigenvalue weighted by molar-refractivity contribution is 4.34. The van der Waals surface area contributed by atoms with E-state index in [9.17, 15) is 5.21 Å². The Labute approximate surface area is 68.2 Å². The molecule has 0 aromatic rings. The van der Waals surface area contributed by atoms with Crippen molar-refractivity contribution in [3.05, 3.63) is 0 Å². The van der Waals surface area contributed by atoms with Crippen molar-refractivity contribution in [3.63, 3.8) is 0 Å². The second kappa shape index (κ2) is 4.66. The number of hydrogen-bond acceptors (Lipinski definition) is 3. The van der Waals surface area contributed by atoms with Gasteiger partial charge in [0.05, 0.1) is 13.6 Å². The van der Waals surface area contributed by atoms with Crippen LogP contribution < -0.4 is 0 Å². The number of quaternary nitrogens is 1. The Balaban J connectivity index is 3.54. The van der Waals surface area contributed by atoms with Crippen molar-refractivity contribution in [3.8, 4) is 0 Å². The molecule has 68 valence electrons. The molecule has 2 N–H and O–H groups in total. The SMILES string of the molecule is CCC[N+](C)(O)CCN(C)O. The van der Waals surface area contributed by atoms with Crippen LogP contribution in [0.15, 0.2) is 0 Å². The van der Waals surface area contributed by atoms with Gasteiger partial charge in [-0.05, 0) is 6.42 Å². The number of hydroxylamine groups is 5. The smallest absolute Gasteiger partial charge is 0.123 e. The molecule has 0 fully saturated rings. The summed E-state index contributed by atoms with van der Waals surface area (Å²) in [7, 11) is 3.32. The van der Waals surface area contributed by atoms with Crippen LogP contribution in [0.3, 0.4) is 0 Å². The molecule has 0 aromatic carbocycles. The number of nitrogens with zero attached hydrogens (tertiary/aromatic N) is 2. The lowest BCUT2D eigenvalue weighted by Gasteiger charge is -2.25. The standard InChI is InChI=1S/C7H19N2O2/c1-4-6-9(3,11)7-5-8(2)10/h10-11H,4-7H2,1-3H3/q+1. The van der Waals surface area contributed by atoms with Crippen LogP contribution in [0.25, 0.3) is 0 Å². The lowest BCUT2D eigenvalue weighted by molar-refractivity contribution is -1.09. The lowest BCUT2D eigenvalue weighted by atomic mass is 10.4. The van der Waals surface area contributed by atoms with E-state index in [2.05, 4.69) is 0 Å². The van der Waals surface area contributed by atoms with Crippen molar-refractivity contribution in [1.29, 1.82) is 0 Å². The molecular weight excluding hydrogens is 144 g/mol. The fourth-order valence-electron chi connectivity index (χ4n) is 0.954. The first-order valence-corrected chi connectivity index (χ1v) is 3.95. The van der Waals surface area contributed by atoms with Crippen LogP contribution in [-0.4, -0.2) is 53.9 Å². The van der Waals surface area contributed by atoms with E-state index in [1.165, 1.54) is 0 Å². The summed E-state index contributed by atoms with van der Waals surface area (Å²) in [6, 6.07) is 0. The van der Waals surface area contributed by atoms with E-state index in [1.54, 1.807) is 14.1 Å². The van der Waals surface area contributed by atoms with Crippen LogP contribution in [0.1, 0.15) is 13.3 Å². The largest absolute Gasteiger partial charge is 0.314 e. The van der Waals surface area contributed by atoms with Gasteiger partial charge in [0.15, 0.2) is 0 Å². The number of rotatable bonds is 5. The molecule has 0 saturated carbocycles. The molecule has 0 bridgehead atoms. The van der Waals surface area contributed by atoms with E-state index >= 15 is 0 Å². The summed E-state index contributed by atoms with van der Waals surface area (Å²) in [6.45, 7) is 3.80. The summed E-state index contributed by atoms with van der Waals surface area (Å²) in [4.78, 5) is 0. The van der Waals surface area contributed by atoms with Gasteiger partial charge in [-0.2, -0.15) is 9.71 Å². The highest BCUT2D eigenvalue weighted by Crippen LogP contribution is 1.97. The topological polar surface area (TPSA) is 43.7 Å². The zero-order chi connectivity index (χ0) is 8.91. The molecule has 4 heteroatoms. The minimum atomic E-state index is -0.0125. The predicted molar refractivity (Wildman–Crippen MR) is 42.4 cm³/mol. The van der Waals surface area contributed by atoms with Gasteiger partial charge in [-0.3, -0.25) is 0 Å². The minimum Gasteiger partial charge on any atom is -0.314 e. The first-order valence-electron chi connectivity index (χ1n) is 3.95. The summed E-state index contributed by atoms with van der Waals surface area (Å²) in [5, 5.41) is 19.4. The Kier molecular flexibility index (Phi) is 4.60. The summed E-state index contributed by atoms with van der Waals surface area (Å²) in [5.41, 5.74) is 0. The molecule has 11 heavy (non-hydrogen) atoms. The zero-order valence-electron chi connectivity index (χ0n) is 7.62. The third-order valence-corrected chi connectivity index (χ3v) is 1.61. The summed E-state index contributed by atoms with van der Waals surface area (Å²) in [6.07, 6.45) is 0.947. The van der Waals surface area contributed by atoms with Crippen molar-refractivity contribution in [2.24, 2.45) is 0 Å². The monoisotopic (exact) mass is 163 g/mol. The van der Waals surface area contributed by atoms with Crippen molar-refractivity contribution in [2.45, 2.75) is 13.3 Å². The highest BCUT2D eigenvalue weighted by atomic mass is 16.5. The third-order valence-electron chi connectivity index (χ3n) is 1.61. The van der Waals surface area contributed by atoms with Gasteiger partial charge in [-0.1, -0.05) is 6.92 Å². The third kappa shape index (κ3) is 6.25. The number of hydrogen-bond donors (Lipinski definition) is 2. The Morgan fingerprint density at radius 2 is 1.91 bits per heavy atom. The average Bonchev–Trinajstić information content (AvgIpc) is 1.84. The van der Waals surface area contributed by atoms with Crippen LogP contribution in [-0.2, 0) is 0 Å². The Morgan fingerprint density at radius 3 is 2.27 bits per heavy atom. The molecule has 0 aliphatic rings. The number of likely N-dealkylation sites (N-methyl/N-ethyl adjacent to an activating group) is 2. The maximum Gasteiger partial charge on any atom is 0.123 e. The van der Waals surface area contributed by atoms with Gasteiger partial charge in [0.1, 0.15) is 13.1 Å². The van der Waals surface area contributed by atoms with Crippen LogP contribution in [0.4, 0.5) is 0 Å². The predicted octanol–water partition coefficient (Wildman–Crippen LogP) is 0.553. The van der Waals surface area contributed by atoms with E-state index < -0.39 is 0 Å². The van der Waals surface area contributed by atoms with E-state index in [1.807, 2.05) is 6.92 Å². The second-order valence-electron chi connectivity index (χ2n) is 3.17. The normalized spacial score (nSPS) is 16.9. The van der Waals surface area contributed by atoms with E-state index in [0.717, 1.165) is 18.0 Å². The van der Waals surface area contributed by atoms with E-state index in [-0.39, 0.29) is 4.65 Å². The first kappa shape index (κ1) is 10.8. The quantitative estimate of drug-likeness (QED) is 0.459. The first-order chi connectivity index (χ1) is 4.98. The average molecular weight is 163 g/mol. The molecule has 0 amide bonds. The minimum absolute atomic E-state index is 0.0125. The summed E-state index contributed by atoms with van der Waals surface area (Å²) in [5.74, 6) is 0. The molecule has 1 atom stereocenters. The molecular formula is C7H19N2O2+. The Bertz CT molecular complexity index is 105. The summed E-state index contributed by atoms with van der Waals surface area (Å²) >= 11 is 0. The van der Waals surface area contributed by atoms with Gasteiger partial charge in [-0.15, -0.1) is 0 Å². The van der Waals surface area contributed by atoms with Gasteiger partial charge >= 0.3 is 0 Å². The molecule has 0 aliphatic carbocycles. The van der Waals surface area contributed by atoms with Crippen molar-refractivity contribution in [1.82, 2.24) is 5.06 Å². The van der Waals surface area contributed by atoms with Crippen LogP contribution >= 0.6 is 0 Å². The van der Waals surface area contributed by atoms with Crippen molar-refractivity contribution >= 4 is 0 Å². The molecule has 0 aliphatic heterocycles. The van der Waals surface area contributed by atoms with Crippen molar-refractivity contribution in [2.75, 3.05) is 33.7 Å². The van der Waals surface area contributed by atoms with E-state index in [4.69, 9.17) is 5.21 Å². The van der Waals surface area contributed by atoms with Crippen LogP contribution in [0, 0.1) is 0 Å². The molecule has 0 radical (unpaired) electrons. The summed E-state index contributed by atoms with van der Waals surface area (Å²) < 4.78 is -0.0125. The molecule has 0 heterocycles. The molecule has 1 unspecified atom stereocenters. The van der Waals surface area contributed by atoms with Gasteiger partial charge in [0, 0.05) is 7.05 Å².